The van der Waals surface area contributed by atoms with Crippen LogP contribution >= 0.6 is 15.9 Å². The molecule has 0 N–H and O–H groups in total. The van der Waals surface area contributed by atoms with Gasteiger partial charge in [0.05, 0.1) is 0 Å². The number of hydrogen-bond acceptors (Lipinski definition) is 3. The SMILES string of the molecule is BrCC1CCCN(c2nc3ccccc3o2)C1. The number of anilines is 1. The van der Waals surface area contributed by atoms with Crippen LogP contribution in [0.25, 0.3) is 11.1 Å². The topological polar surface area (TPSA) is 29.3 Å². The van der Waals surface area contributed by atoms with Crippen LogP contribution in [0.2, 0.25) is 0 Å². The van der Waals surface area contributed by atoms with E-state index in [9.17, 15) is 0 Å². The molecular weight excluding hydrogens is 280 g/mol. The highest BCUT2D eigenvalue weighted by Crippen LogP contribution is 2.26. The Kier molecular flexibility index (Phi) is 3.05. The maximum absolute atomic E-state index is 5.80. The first-order valence-corrected chi connectivity index (χ1v) is 7.15. The zero-order valence-electron chi connectivity index (χ0n) is 9.60. The van der Waals surface area contributed by atoms with Crippen LogP contribution in [0.3, 0.4) is 0 Å². The highest BCUT2D eigenvalue weighted by atomic mass is 79.9. The molecule has 1 fully saturated rings. The van der Waals surface area contributed by atoms with Crippen LogP contribution < -0.4 is 4.90 Å². The minimum Gasteiger partial charge on any atom is -0.423 e. The van der Waals surface area contributed by atoms with Crippen LogP contribution in [0.4, 0.5) is 6.01 Å². The monoisotopic (exact) mass is 294 g/mol. The molecule has 1 atom stereocenters. The molecular formula is C13H15BrN2O. The third-order valence-electron chi connectivity index (χ3n) is 3.29. The molecule has 1 saturated heterocycles. The van der Waals surface area contributed by atoms with Gasteiger partial charge in [-0.05, 0) is 30.9 Å². The van der Waals surface area contributed by atoms with E-state index in [-0.39, 0.29) is 0 Å². The molecule has 0 saturated carbocycles. The molecule has 0 aliphatic carbocycles. The average molecular weight is 295 g/mol. The Labute approximate surface area is 109 Å². The van der Waals surface area contributed by atoms with E-state index >= 15 is 0 Å². The number of piperidine rings is 1. The second-order valence-corrected chi connectivity index (χ2v) is 5.22. The van der Waals surface area contributed by atoms with E-state index in [1.165, 1.54) is 12.8 Å². The largest absolute Gasteiger partial charge is 0.423 e. The third-order valence-corrected chi connectivity index (χ3v) is 4.21. The standard InChI is InChI=1S/C13H15BrN2O/c14-8-10-4-3-7-16(9-10)13-15-11-5-1-2-6-12(11)17-13/h1-2,5-6,10H,3-4,7-9H2. The van der Waals surface area contributed by atoms with E-state index in [2.05, 4.69) is 25.8 Å². The number of halogens is 1. The summed E-state index contributed by atoms with van der Waals surface area (Å²) in [5, 5.41) is 1.06. The van der Waals surface area contributed by atoms with Crippen LogP contribution in [-0.4, -0.2) is 23.4 Å². The zero-order valence-corrected chi connectivity index (χ0v) is 11.2. The van der Waals surface area contributed by atoms with Crippen LogP contribution in [0.15, 0.2) is 28.7 Å². The molecule has 90 valence electrons. The molecule has 0 bridgehead atoms. The molecule has 0 amide bonds. The smallest absolute Gasteiger partial charge is 0.298 e. The molecule has 1 aromatic heterocycles. The van der Waals surface area contributed by atoms with E-state index in [1.807, 2.05) is 24.3 Å². The first kappa shape index (κ1) is 11.1. The van der Waals surface area contributed by atoms with Gasteiger partial charge >= 0.3 is 0 Å². The fourth-order valence-electron chi connectivity index (χ4n) is 2.36. The summed E-state index contributed by atoms with van der Waals surface area (Å²) in [5.74, 6) is 0.707. The number of nitrogens with zero attached hydrogens (tertiary/aromatic N) is 2. The van der Waals surface area contributed by atoms with Crippen molar-refractivity contribution < 1.29 is 4.42 Å². The Morgan fingerprint density at radius 2 is 2.29 bits per heavy atom. The van der Waals surface area contributed by atoms with Gasteiger partial charge in [-0.25, -0.2) is 0 Å². The second-order valence-electron chi connectivity index (χ2n) is 4.57. The second kappa shape index (κ2) is 4.69. The van der Waals surface area contributed by atoms with Crippen molar-refractivity contribution in [1.29, 1.82) is 0 Å². The molecule has 1 aliphatic rings. The number of hydrogen-bond donors (Lipinski definition) is 0. The molecule has 3 rings (SSSR count). The maximum atomic E-state index is 5.80. The molecule has 0 radical (unpaired) electrons. The van der Waals surface area contributed by atoms with Crippen molar-refractivity contribution >= 4 is 33.0 Å². The Hall–Kier alpha value is -1.03. The Morgan fingerprint density at radius 3 is 3.12 bits per heavy atom. The summed E-state index contributed by atoms with van der Waals surface area (Å²) in [5.41, 5.74) is 1.83. The third kappa shape index (κ3) is 2.18. The summed E-state index contributed by atoms with van der Waals surface area (Å²) in [6.07, 6.45) is 2.51. The van der Waals surface area contributed by atoms with Crippen LogP contribution in [0.5, 0.6) is 0 Å². The first-order chi connectivity index (χ1) is 8.36. The van der Waals surface area contributed by atoms with Crippen molar-refractivity contribution in [2.24, 2.45) is 5.92 Å². The van der Waals surface area contributed by atoms with E-state index in [0.29, 0.717) is 5.92 Å². The Bertz CT molecular complexity index is 478. The maximum Gasteiger partial charge on any atom is 0.298 e. The molecule has 17 heavy (non-hydrogen) atoms. The van der Waals surface area contributed by atoms with Gasteiger partial charge in [-0.15, -0.1) is 0 Å². The molecule has 1 aromatic carbocycles. The minimum absolute atomic E-state index is 0.707. The number of benzene rings is 1. The van der Waals surface area contributed by atoms with Crippen molar-refractivity contribution in [3.63, 3.8) is 0 Å². The summed E-state index contributed by atoms with van der Waals surface area (Å²) >= 11 is 3.57. The summed E-state index contributed by atoms with van der Waals surface area (Å²) in [4.78, 5) is 6.81. The quantitative estimate of drug-likeness (QED) is 0.795. The lowest BCUT2D eigenvalue weighted by Gasteiger charge is -2.30. The van der Waals surface area contributed by atoms with Crippen molar-refractivity contribution in [1.82, 2.24) is 4.98 Å². The normalized spacial score (nSPS) is 21.0. The van der Waals surface area contributed by atoms with E-state index in [4.69, 9.17) is 4.42 Å². The number of para-hydroxylation sites is 2. The predicted molar refractivity (Wildman–Crippen MR) is 72.7 cm³/mol. The lowest BCUT2D eigenvalue weighted by molar-refractivity contribution is 0.428. The molecule has 1 unspecified atom stereocenters. The van der Waals surface area contributed by atoms with Gasteiger partial charge in [0.2, 0.25) is 0 Å². The fraction of sp³-hybridized carbons (Fsp3) is 0.462. The molecule has 2 aromatic rings. The lowest BCUT2D eigenvalue weighted by atomic mass is 10.0. The molecule has 3 nitrogen and oxygen atoms in total. The predicted octanol–water partition coefficient (Wildman–Crippen LogP) is 3.44. The first-order valence-electron chi connectivity index (χ1n) is 6.03. The Morgan fingerprint density at radius 1 is 1.41 bits per heavy atom. The highest BCUT2D eigenvalue weighted by molar-refractivity contribution is 9.09. The number of aromatic nitrogens is 1. The van der Waals surface area contributed by atoms with E-state index in [0.717, 1.165) is 35.5 Å². The van der Waals surface area contributed by atoms with Gasteiger partial charge in [0.1, 0.15) is 5.52 Å². The van der Waals surface area contributed by atoms with Gasteiger partial charge in [0.15, 0.2) is 5.58 Å². The Balaban J connectivity index is 1.87. The summed E-state index contributed by atoms with van der Waals surface area (Å²) < 4.78 is 5.80. The lowest BCUT2D eigenvalue weighted by Crippen LogP contribution is -2.36. The number of alkyl halides is 1. The van der Waals surface area contributed by atoms with Crippen LogP contribution in [0.1, 0.15) is 12.8 Å². The van der Waals surface area contributed by atoms with Crippen LogP contribution in [-0.2, 0) is 0 Å². The van der Waals surface area contributed by atoms with Crippen molar-refractivity contribution in [3.8, 4) is 0 Å². The van der Waals surface area contributed by atoms with Crippen LogP contribution in [0, 0.1) is 5.92 Å². The van der Waals surface area contributed by atoms with Gasteiger partial charge < -0.3 is 9.32 Å². The van der Waals surface area contributed by atoms with Crippen molar-refractivity contribution in [2.45, 2.75) is 12.8 Å². The molecule has 1 aliphatic heterocycles. The van der Waals surface area contributed by atoms with Gasteiger partial charge in [-0.1, -0.05) is 28.1 Å². The summed E-state index contributed by atoms with van der Waals surface area (Å²) in [6, 6.07) is 8.71. The van der Waals surface area contributed by atoms with Gasteiger partial charge in [0, 0.05) is 18.4 Å². The molecule has 4 heteroatoms. The summed E-state index contributed by atoms with van der Waals surface area (Å²) in [7, 11) is 0. The van der Waals surface area contributed by atoms with Crippen molar-refractivity contribution in [3.05, 3.63) is 24.3 Å². The minimum atomic E-state index is 0.707. The molecule has 2 heterocycles. The molecule has 0 spiro atoms. The summed E-state index contributed by atoms with van der Waals surface area (Å²) in [6.45, 7) is 2.09. The van der Waals surface area contributed by atoms with Gasteiger partial charge in [0.25, 0.3) is 6.01 Å². The number of fused-ring (bicyclic) bond motifs is 1. The fourth-order valence-corrected chi connectivity index (χ4v) is 2.89. The van der Waals surface area contributed by atoms with E-state index < -0.39 is 0 Å². The number of rotatable bonds is 2. The van der Waals surface area contributed by atoms with Gasteiger partial charge in [-0.3, -0.25) is 0 Å². The number of oxazole rings is 1. The average Bonchev–Trinajstić information content (AvgIpc) is 2.82. The highest BCUT2D eigenvalue weighted by Gasteiger charge is 2.22. The van der Waals surface area contributed by atoms with Gasteiger partial charge in [-0.2, -0.15) is 4.98 Å². The van der Waals surface area contributed by atoms with Crippen molar-refractivity contribution in [2.75, 3.05) is 23.3 Å². The zero-order chi connectivity index (χ0) is 11.7. The van der Waals surface area contributed by atoms with E-state index in [1.54, 1.807) is 0 Å².